The Bertz CT molecular complexity index is 934. The van der Waals surface area contributed by atoms with Crippen molar-refractivity contribution < 1.29 is 4.79 Å². The van der Waals surface area contributed by atoms with E-state index in [4.69, 9.17) is 11.6 Å². The highest BCUT2D eigenvalue weighted by molar-refractivity contribution is 6.30. The molecule has 5 nitrogen and oxygen atoms in total. The Kier molecular flexibility index (Phi) is 5.44. The van der Waals surface area contributed by atoms with Crippen LogP contribution in [0.15, 0.2) is 66.9 Å². The monoisotopic (exact) mass is 392 g/mol. The number of pyridine rings is 1. The van der Waals surface area contributed by atoms with Gasteiger partial charge >= 0.3 is 0 Å². The summed E-state index contributed by atoms with van der Waals surface area (Å²) in [6.07, 6.45) is 4.13. The number of hydrogen-bond donors (Lipinski definition) is 2. The first-order chi connectivity index (χ1) is 13.7. The fourth-order valence-corrected chi connectivity index (χ4v) is 3.35. The number of carbonyl (C=O) groups is 1. The zero-order chi connectivity index (χ0) is 19.3. The second kappa shape index (κ2) is 8.31. The van der Waals surface area contributed by atoms with Crippen LogP contribution in [-0.2, 0) is 0 Å². The SMILES string of the molecule is O=C(Nc1ccc(N2CCCC2)cc1)c1ccc(Nc2ccc(Cl)cc2)cn1. The Morgan fingerprint density at radius 2 is 1.50 bits per heavy atom. The fourth-order valence-electron chi connectivity index (χ4n) is 3.23. The number of nitrogens with zero attached hydrogens (tertiary/aromatic N) is 2. The molecule has 1 aromatic heterocycles. The number of carbonyl (C=O) groups excluding carboxylic acids is 1. The summed E-state index contributed by atoms with van der Waals surface area (Å²) in [6.45, 7) is 2.21. The van der Waals surface area contributed by atoms with Gasteiger partial charge in [-0.1, -0.05) is 11.6 Å². The molecule has 6 heteroatoms. The van der Waals surface area contributed by atoms with E-state index in [0.717, 1.165) is 30.2 Å². The molecular formula is C22H21ClN4O. The highest BCUT2D eigenvalue weighted by Crippen LogP contribution is 2.22. The molecule has 0 saturated carbocycles. The molecule has 142 valence electrons. The van der Waals surface area contributed by atoms with Crippen molar-refractivity contribution in [2.75, 3.05) is 28.6 Å². The number of halogens is 1. The molecule has 1 saturated heterocycles. The van der Waals surface area contributed by atoms with E-state index in [1.54, 1.807) is 12.3 Å². The summed E-state index contributed by atoms with van der Waals surface area (Å²) < 4.78 is 0. The first kappa shape index (κ1) is 18.3. The van der Waals surface area contributed by atoms with Crippen LogP contribution >= 0.6 is 11.6 Å². The minimum atomic E-state index is -0.230. The molecule has 1 fully saturated rings. The van der Waals surface area contributed by atoms with Crippen molar-refractivity contribution in [3.05, 3.63) is 77.6 Å². The molecule has 0 radical (unpaired) electrons. The second-order valence-electron chi connectivity index (χ2n) is 6.76. The Labute approximate surface area is 169 Å². The Morgan fingerprint density at radius 3 is 2.14 bits per heavy atom. The minimum Gasteiger partial charge on any atom is -0.372 e. The van der Waals surface area contributed by atoms with Crippen molar-refractivity contribution in [2.45, 2.75) is 12.8 Å². The normalized spacial score (nSPS) is 13.4. The van der Waals surface area contributed by atoms with E-state index in [1.807, 2.05) is 54.6 Å². The third-order valence-electron chi connectivity index (χ3n) is 4.73. The molecule has 0 unspecified atom stereocenters. The molecule has 2 heterocycles. The second-order valence-corrected chi connectivity index (χ2v) is 7.20. The van der Waals surface area contributed by atoms with Gasteiger partial charge in [-0.2, -0.15) is 0 Å². The van der Waals surface area contributed by atoms with Crippen molar-refractivity contribution >= 4 is 40.3 Å². The molecule has 2 aromatic carbocycles. The predicted molar refractivity (Wildman–Crippen MR) is 115 cm³/mol. The van der Waals surface area contributed by atoms with Crippen LogP contribution in [0.25, 0.3) is 0 Å². The van der Waals surface area contributed by atoms with Crippen LogP contribution in [0, 0.1) is 0 Å². The van der Waals surface area contributed by atoms with E-state index < -0.39 is 0 Å². The standard InChI is InChI=1S/C22H21ClN4O/c23-16-3-5-17(6-4-16)25-19-9-12-21(24-15-19)22(28)26-18-7-10-20(11-8-18)27-13-1-2-14-27/h3-12,15,25H,1-2,13-14H2,(H,26,28). The van der Waals surface area contributed by atoms with Gasteiger partial charge in [0.2, 0.25) is 0 Å². The maximum absolute atomic E-state index is 12.4. The lowest BCUT2D eigenvalue weighted by atomic mass is 10.2. The summed E-state index contributed by atoms with van der Waals surface area (Å²) in [5, 5.41) is 6.80. The quantitative estimate of drug-likeness (QED) is 0.616. The van der Waals surface area contributed by atoms with Crippen LogP contribution in [0.4, 0.5) is 22.7 Å². The molecule has 0 spiro atoms. The third-order valence-corrected chi connectivity index (χ3v) is 4.98. The number of benzene rings is 2. The number of anilines is 4. The molecule has 28 heavy (non-hydrogen) atoms. The molecule has 0 bridgehead atoms. The number of rotatable bonds is 5. The lowest BCUT2D eigenvalue weighted by molar-refractivity contribution is 0.102. The van der Waals surface area contributed by atoms with Crippen LogP contribution in [0.2, 0.25) is 5.02 Å². The van der Waals surface area contributed by atoms with E-state index in [1.165, 1.54) is 18.5 Å². The molecule has 2 N–H and O–H groups in total. The number of amides is 1. The lowest BCUT2D eigenvalue weighted by Crippen LogP contribution is -2.17. The first-order valence-corrected chi connectivity index (χ1v) is 9.70. The van der Waals surface area contributed by atoms with Gasteiger partial charge in [-0.05, 0) is 73.5 Å². The maximum atomic E-state index is 12.4. The zero-order valence-corrected chi connectivity index (χ0v) is 16.1. The van der Waals surface area contributed by atoms with Gasteiger partial charge in [0.15, 0.2) is 0 Å². The van der Waals surface area contributed by atoms with E-state index in [2.05, 4.69) is 20.5 Å². The van der Waals surface area contributed by atoms with Gasteiger partial charge in [0.25, 0.3) is 5.91 Å². The topological polar surface area (TPSA) is 57.3 Å². The largest absolute Gasteiger partial charge is 0.372 e. The molecule has 1 amide bonds. The molecule has 0 aliphatic carbocycles. The Balaban J connectivity index is 1.37. The van der Waals surface area contributed by atoms with Crippen LogP contribution in [-0.4, -0.2) is 24.0 Å². The average molecular weight is 393 g/mol. The van der Waals surface area contributed by atoms with Crippen LogP contribution in [0.1, 0.15) is 23.3 Å². The first-order valence-electron chi connectivity index (χ1n) is 9.32. The van der Waals surface area contributed by atoms with Gasteiger partial charge in [-0.25, -0.2) is 4.98 Å². The maximum Gasteiger partial charge on any atom is 0.274 e. The molecular weight excluding hydrogens is 372 g/mol. The van der Waals surface area contributed by atoms with Gasteiger partial charge in [0.1, 0.15) is 5.69 Å². The number of aromatic nitrogens is 1. The van der Waals surface area contributed by atoms with Gasteiger partial charge < -0.3 is 15.5 Å². The smallest absolute Gasteiger partial charge is 0.274 e. The minimum absolute atomic E-state index is 0.230. The average Bonchev–Trinajstić information content (AvgIpc) is 3.26. The summed E-state index contributed by atoms with van der Waals surface area (Å²) in [5.74, 6) is -0.230. The zero-order valence-electron chi connectivity index (χ0n) is 15.4. The number of nitrogens with one attached hydrogen (secondary N) is 2. The molecule has 3 aromatic rings. The van der Waals surface area contributed by atoms with Crippen LogP contribution in [0.3, 0.4) is 0 Å². The number of hydrogen-bond acceptors (Lipinski definition) is 4. The molecule has 1 aliphatic rings. The summed E-state index contributed by atoms with van der Waals surface area (Å²) in [7, 11) is 0. The van der Waals surface area contributed by atoms with E-state index in [0.29, 0.717) is 10.7 Å². The molecule has 1 aliphatic heterocycles. The fraction of sp³-hybridized carbons (Fsp3) is 0.182. The Morgan fingerprint density at radius 1 is 0.857 bits per heavy atom. The Hall–Kier alpha value is -3.05. The summed E-state index contributed by atoms with van der Waals surface area (Å²) in [5.41, 5.74) is 4.03. The van der Waals surface area contributed by atoms with Crippen molar-refractivity contribution in [1.82, 2.24) is 4.98 Å². The van der Waals surface area contributed by atoms with E-state index >= 15 is 0 Å². The summed E-state index contributed by atoms with van der Waals surface area (Å²) in [4.78, 5) is 19.1. The van der Waals surface area contributed by atoms with Crippen molar-refractivity contribution in [3.8, 4) is 0 Å². The van der Waals surface area contributed by atoms with Gasteiger partial charge in [-0.15, -0.1) is 0 Å². The predicted octanol–water partition coefficient (Wildman–Crippen LogP) is 5.33. The third kappa shape index (κ3) is 4.43. The summed E-state index contributed by atoms with van der Waals surface area (Å²) in [6, 6.07) is 18.9. The van der Waals surface area contributed by atoms with Gasteiger partial charge in [-0.3, -0.25) is 4.79 Å². The van der Waals surface area contributed by atoms with Crippen molar-refractivity contribution in [3.63, 3.8) is 0 Å². The van der Waals surface area contributed by atoms with E-state index in [-0.39, 0.29) is 5.91 Å². The highest BCUT2D eigenvalue weighted by atomic mass is 35.5. The van der Waals surface area contributed by atoms with Crippen LogP contribution < -0.4 is 15.5 Å². The van der Waals surface area contributed by atoms with Crippen molar-refractivity contribution in [2.24, 2.45) is 0 Å². The molecule has 0 atom stereocenters. The van der Waals surface area contributed by atoms with Gasteiger partial charge in [0, 0.05) is 35.2 Å². The summed E-state index contributed by atoms with van der Waals surface area (Å²) >= 11 is 5.89. The van der Waals surface area contributed by atoms with E-state index in [9.17, 15) is 4.79 Å². The van der Waals surface area contributed by atoms with Crippen molar-refractivity contribution in [1.29, 1.82) is 0 Å². The lowest BCUT2D eigenvalue weighted by Gasteiger charge is -2.17. The van der Waals surface area contributed by atoms with Crippen LogP contribution in [0.5, 0.6) is 0 Å². The molecule has 4 rings (SSSR count). The van der Waals surface area contributed by atoms with Gasteiger partial charge in [0.05, 0.1) is 11.9 Å². The highest BCUT2D eigenvalue weighted by Gasteiger charge is 2.12.